The minimum Gasteiger partial charge on any atom is -0.383 e. The second-order valence-electron chi connectivity index (χ2n) is 9.55. The molecule has 1 saturated heterocycles. The Morgan fingerprint density at radius 2 is 2.03 bits per heavy atom. The highest BCUT2D eigenvalue weighted by Gasteiger charge is 2.36. The number of nitrogens with zero attached hydrogens (tertiary/aromatic N) is 6. The van der Waals surface area contributed by atoms with Crippen LogP contribution in [0.3, 0.4) is 0 Å². The van der Waals surface area contributed by atoms with Crippen molar-refractivity contribution in [2.24, 2.45) is 0 Å². The average Bonchev–Trinajstić information content (AvgIpc) is 3.35. The Morgan fingerprint density at radius 1 is 1.22 bits per heavy atom. The van der Waals surface area contributed by atoms with Crippen LogP contribution in [-0.2, 0) is 9.53 Å². The van der Waals surface area contributed by atoms with E-state index in [9.17, 15) is 4.79 Å². The Balaban J connectivity index is 1.39. The number of carbonyl (C=O) groups excluding carboxylic acids is 1. The lowest BCUT2D eigenvalue weighted by Gasteiger charge is -2.22. The van der Waals surface area contributed by atoms with Crippen LogP contribution in [0, 0.1) is 17.7 Å². The summed E-state index contributed by atoms with van der Waals surface area (Å²) in [6, 6.07) is 3.43. The largest absolute Gasteiger partial charge is 0.383 e. The zero-order valence-electron chi connectivity index (χ0n) is 20.4. The number of nitrogen functional groups attached to an aromatic ring is 1. The molecule has 0 bridgehead atoms. The Labute approximate surface area is 212 Å². The molecule has 0 radical (unpaired) electrons. The molecule has 1 saturated carbocycles. The lowest BCUT2D eigenvalue weighted by atomic mass is 10.1. The molecule has 37 heavy (non-hydrogen) atoms. The van der Waals surface area contributed by atoms with Crippen molar-refractivity contribution in [3.8, 4) is 11.8 Å². The van der Waals surface area contributed by atoms with E-state index in [2.05, 4.69) is 33.4 Å². The second-order valence-corrected chi connectivity index (χ2v) is 9.55. The standard InChI is InChI=1S/C27H26FN7O2/c1-3-24(36)33-12-19(9-20(33)13-37-2)34-11-17(25-26(29)30-14-31-27(25)34)5-4-16-8-22-23(10-21(16)28)35(15-32-22)18-6-7-18/h3,8,10-11,14-15,18-20H,1,6-7,9,12-13H2,2H3,(H2,29,30,31)/t19-,20+/m0/s1. The van der Waals surface area contributed by atoms with E-state index in [1.807, 2.05) is 15.3 Å². The summed E-state index contributed by atoms with van der Waals surface area (Å²) in [5, 5.41) is 0.603. The lowest BCUT2D eigenvalue weighted by molar-refractivity contribution is -0.127. The maximum Gasteiger partial charge on any atom is 0.246 e. The number of amides is 1. The van der Waals surface area contributed by atoms with Gasteiger partial charge >= 0.3 is 0 Å². The Kier molecular flexibility index (Phi) is 5.65. The summed E-state index contributed by atoms with van der Waals surface area (Å²) in [6.45, 7) is 4.51. The van der Waals surface area contributed by atoms with Crippen LogP contribution in [0.4, 0.5) is 10.2 Å². The number of hydrogen-bond acceptors (Lipinski definition) is 6. The molecule has 1 aromatic carbocycles. The molecule has 2 atom stereocenters. The molecule has 188 valence electrons. The summed E-state index contributed by atoms with van der Waals surface area (Å²) in [6.07, 6.45) is 9.20. The number of halogens is 1. The first-order valence-electron chi connectivity index (χ1n) is 12.2. The van der Waals surface area contributed by atoms with Crippen LogP contribution in [-0.4, -0.2) is 61.2 Å². The molecule has 3 aromatic heterocycles. The van der Waals surface area contributed by atoms with E-state index in [-0.39, 0.29) is 29.4 Å². The fourth-order valence-corrected chi connectivity index (χ4v) is 5.23. The zero-order chi connectivity index (χ0) is 25.7. The van der Waals surface area contributed by atoms with Crippen LogP contribution in [0.2, 0.25) is 0 Å². The second kappa shape index (κ2) is 9.01. The third-order valence-corrected chi connectivity index (χ3v) is 7.18. The van der Waals surface area contributed by atoms with Crippen LogP contribution >= 0.6 is 0 Å². The van der Waals surface area contributed by atoms with Gasteiger partial charge < -0.3 is 24.5 Å². The molecule has 0 unspecified atom stereocenters. The van der Waals surface area contributed by atoms with Gasteiger partial charge in [0.1, 0.15) is 23.6 Å². The average molecular weight is 500 g/mol. The van der Waals surface area contributed by atoms with E-state index in [0.29, 0.717) is 47.7 Å². The Bertz CT molecular complexity index is 1610. The maximum absolute atomic E-state index is 15.0. The predicted molar refractivity (Wildman–Crippen MR) is 137 cm³/mol. The summed E-state index contributed by atoms with van der Waals surface area (Å²) >= 11 is 0. The molecule has 2 aliphatic rings. The van der Waals surface area contributed by atoms with Crippen molar-refractivity contribution in [3.63, 3.8) is 0 Å². The number of nitrogens with two attached hydrogens (primary N) is 1. The van der Waals surface area contributed by atoms with Gasteiger partial charge in [-0.05, 0) is 31.4 Å². The number of methoxy groups -OCH3 is 1. The Hall–Kier alpha value is -4.23. The molecule has 1 aliphatic heterocycles. The molecule has 4 aromatic rings. The molecule has 9 nitrogen and oxygen atoms in total. The van der Waals surface area contributed by atoms with Gasteiger partial charge in [-0.15, -0.1) is 0 Å². The van der Waals surface area contributed by atoms with Gasteiger partial charge in [0.15, 0.2) is 0 Å². The maximum atomic E-state index is 15.0. The van der Waals surface area contributed by atoms with Gasteiger partial charge in [-0.2, -0.15) is 0 Å². The number of imidazole rings is 1. The number of ether oxygens (including phenoxy) is 1. The van der Waals surface area contributed by atoms with Crippen molar-refractivity contribution in [1.29, 1.82) is 0 Å². The van der Waals surface area contributed by atoms with Crippen molar-refractivity contribution < 1.29 is 13.9 Å². The van der Waals surface area contributed by atoms with Crippen LogP contribution in [0.25, 0.3) is 22.1 Å². The molecule has 4 heterocycles. The number of benzene rings is 1. The number of carbonyl (C=O) groups is 1. The van der Waals surface area contributed by atoms with Gasteiger partial charge in [-0.1, -0.05) is 18.4 Å². The highest BCUT2D eigenvalue weighted by Crippen LogP contribution is 2.37. The summed E-state index contributed by atoms with van der Waals surface area (Å²) in [5.74, 6) is 5.80. The fourth-order valence-electron chi connectivity index (χ4n) is 5.23. The summed E-state index contributed by atoms with van der Waals surface area (Å²) in [4.78, 5) is 27.3. The van der Waals surface area contributed by atoms with Crippen LogP contribution in [0.5, 0.6) is 0 Å². The fraction of sp³-hybridized carbons (Fsp3) is 0.333. The third-order valence-electron chi connectivity index (χ3n) is 7.18. The first kappa shape index (κ1) is 23.2. The van der Waals surface area contributed by atoms with E-state index in [1.165, 1.54) is 18.5 Å². The predicted octanol–water partition coefficient (Wildman–Crippen LogP) is 3.21. The van der Waals surface area contributed by atoms with Crippen molar-refractivity contribution in [2.75, 3.05) is 26.0 Å². The van der Waals surface area contributed by atoms with Crippen molar-refractivity contribution in [1.82, 2.24) is 29.0 Å². The number of aromatic nitrogens is 5. The van der Waals surface area contributed by atoms with E-state index >= 15 is 4.39 Å². The van der Waals surface area contributed by atoms with E-state index in [4.69, 9.17) is 10.5 Å². The minimum absolute atomic E-state index is 0.0733. The van der Waals surface area contributed by atoms with Crippen LogP contribution in [0.15, 0.2) is 43.6 Å². The number of rotatable bonds is 5. The summed E-state index contributed by atoms with van der Waals surface area (Å²) < 4.78 is 24.4. The number of likely N-dealkylation sites (tertiary alicyclic amines) is 1. The molecule has 1 aliphatic carbocycles. The van der Waals surface area contributed by atoms with Crippen LogP contribution in [0.1, 0.15) is 42.5 Å². The zero-order valence-corrected chi connectivity index (χ0v) is 20.4. The number of hydrogen-bond donors (Lipinski definition) is 1. The lowest BCUT2D eigenvalue weighted by Crippen LogP contribution is -2.37. The van der Waals surface area contributed by atoms with Crippen molar-refractivity contribution in [3.05, 3.63) is 60.6 Å². The van der Waals surface area contributed by atoms with Crippen LogP contribution < -0.4 is 5.73 Å². The highest BCUT2D eigenvalue weighted by molar-refractivity contribution is 5.93. The SMILES string of the molecule is C=CC(=O)N1C[C@@H](n2cc(C#Cc3cc4ncn(C5CC5)c4cc3F)c3c(N)ncnc32)C[C@@H]1COC. The van der Waals surface area contributed by atoms with Gasteiger partial charge in [0.05, 0.1) is 52.6 Å². The molecule has 0 spiro atoms. The van der Waals surface area contributed by atoms with Crippen molar-refractivity contribution >= 4 is 33.8 Å². The first-order valence-corrected chi connectivity index (χ1v) is 12.2. The molecular weight excluding hydrogens is 473 g/mol. The summed E-state index contributed by atoms with van der Waals surface area (Å²) in [7, 11) is 1.61. The molecular formula is C27H26FN7O2. The van der Waals surface area contributed by atoms with Gasteiger partial charge in [0.2, 0.25) is 5.91 Å². The molecule has 1 amide bonds. The molecule has 10 heteroatoms. The van der Waals surface area contributed by atoms with Gasteiger partial charge in [-0.3, -0.25) is 4.79 Å². The molecule has 2 fully saturated rings. The number of fused-ring (bicyclic) bond motifs is 2. The molecule has 6 rings (SSSR count). The van der Waals surface area contributed by atoms with Gasteiger partial charge in [0, 0.05) is 32.0 Å². The monoisotopic (exact) mass is 499 g/mol. The topological polar surface area (TPSA) is 104 Å². The Morgan fingerprint density at radius 3 is 2.78 bits per heavy atom. The van der Waals surface area contributed by atoms with E-state index in [1.54, 1.807) is 24.4 Å². The normalized spacial score (nSPS) is 19.4. The minimum atomic E-state index is -0.396. The first-order chi connectivity index (χ1) is 18.0. The van der Waals surface area contributed by atoms with E-state index in [0.717, 1.165) is 18.4 Å². The van der Waals surface area contributed by atoms with Crippen molar-refractivity contribution in [2.45, 2.75) is 37.4 Å². The highest BCUT2D eigenvalue weighted by atomic mass is 19.1. The quantitative estimate of drug-likeness (QED) is 0.334. The van der Waals surface area contributed by atoms with Gasteiger partial charge in [0.25, 0.3) is 0 Å². The summed E-state index contributed by atoms with van der Waals surface area (Å²) in [5.41, 5.74) is 9.19. The number of anilines is 1. The van der Waals surface area contributed by atoms with Gasteiger partial charge in [-0.25, -0.2) is 19.3 Å². The van der Waals surface area contributed by atoms with E-state index < -0.39 is 5.82 Å². The third kappa shape index (κ3) is 4.01. The molecule has 2 N–H and O–H groups in total. The smallest absolute Gasteiger partial charge is 0.246 e.